The minimum atomic E-state index is 0.719. The van der Waals surface area contributed by atoms with Gasteiger partial charge < -0.3 is 5.41 Å². The minimum Gasteiger partial charge on any atom is -0.312 e. The second-order valence-electron chi connectivity index (χ2n) is 1.76. The van der Waals surface area contributed by atoms with Crippen molar-refractivity contribution in [1.29, 1.82) is 5.41 Å². The Balaban J connectivity index is 2.97. The molecule has 0 saturated carbocycles. The smallest absolute Gasteiger partial charge is 0.0284 e. The van der Waals surface area contributed by atoms with Crippen molar-refractivity contribution < 1.29 is 0 Å². The molecule has 1 N–H and O–H groups in total. The van der Waals surface area contributed by atoms with E-state index in [9.17, 15) is 0 Å². The zero-order valence-corrected chi connectivity index (χ0v) is 6.29. The highest BCUT2D eigenvalue weighted by molar-refractivity contribution is 8.00. The zero-order valence-electron chi connectivity index (χ0n) is 5.48. The van der Waals surface area contributed by atoms with Gasteiger partial charge in [0.05, 0.1) is 0 Å². The lowest BCUT2D eigenvalue weighted by Crippen LogP contribution is -1.93. The minimum absolute atomic E-state index is 0.719. The largest absolute Gasteiger partial charge is 0.312 e. The van der Waals surface area contributed by atoms with Crippen molar-refractivity contribution in [3.05, 3.63) is 0 Å². The molecule has 0 spiro atoms. The number of hydrogen-bond acceptors (Lipinski definition) is 2. The third-order valence-electron chi connectivity index (χ3n) is 1.04. The van der Waals surface area contributed by atoms with Crippen LogP contribution in [0.1, 0.15) is 20.3 Å². The van der Waals surface area contributed by atoms with Crippen LogP contribution in [0.25, 0.3) is 0 Å². The predicted octanol–water partition coefficient (Wildman–Crippen LogP) is 2.17. The molecule has 2 heteroatoms. The van der Waals surface area contributed by atoms with Crippen LogP contribution < -0.4 is 0 Å². The van der Waals surface area contributed by atoms with E-state index >= 15 is 0 Å². The molecule has 0 aliphatic heterocycles. The molecule has 0 aromatic rings. The third kappa shape index (κ3) is 4.19. The predicted molar refractivity (Wildman–Crippen MR) is 41.0 cm³/mol. The molecular formula is C6H13NS. The summed E-state index contributed by atoms with van der Waals surface area (Å²) in [6.07, 6.45) is 2.66. The van der Waals surface area contributed by atoms with E-state index in [4.69, 9.17) is 5.41 Å². The fourth-order valence-corrected chi connectivity index (χ4v) is 0.991. The first-order chi connectivity index (χ1) is 3.81. The topological polar surface area (TPSA) is 23.9 Å². The summed E-state index contributed by atoms with van der Waals surface area (Å²) in [7, 11) is 0. The Morgan fingerprint density at radius 2 is 2.38 bits per heavy atom. The van der Waals surface area contributed by atoms with E-state index < -0.39 is 0 Å². The van der Waals surface area contributed by atoms with E-state index in [1.165, 1.54) is 12.6 Å². The van der Waals surface area contributed by atoms with Crippen LogP contribution in [0.4, 0.5) is 0 Å². The zero-order chi connectivity index (χ0) is 6.41. The molecule has 1 nitrogen and oxygen atoms in total. The average molecular weight is 131 g/mol. The molecule has 0 heterocycles. The number of rotatable bonds is 4. The third-order valence-corrected chi connectivity index (χ3v) is 2.30. The Kier molecular flexibility index (Phi) is 5.18. The average Bonchev–Trinajstić information content (AvgIpc) is 1.83. The quantitative estimate of drug-likeness (QED) is 0.581. The van der Waals surface area contributed by atoms with Gasteiger partial charge in [-0.1, -0.05) is 13.8 Å². The molecule has 1 atom stereocenters. The summed E-state index contributed by atoms with van der Waals surface area (Å²) in [5, 5.41) is 7.44. The lowest BCUT2D eigenvalue weighted by molar-refractivity contribution is 0.908. The highest BCUT2D eigenvalue weighted by atomic mass is 32.2. The monoisotopic (exact) mass is 131 g/mol. The van der Waals surface area contributed by atoms with Crippen LogP contribution in [-0.2, 0) is 0 Å². The van der Waals surface area contributed by atoms with Crippen molar-refractivity contribution in [2.24, 2.45) is 0 Å². The van der Waals surface area contributed by atoms with Gasteiger partial charge in [-0.25, -0.2) is 0 Å². The van der Waals surface area contributed by atoms with Crippen molar-refractivity contribution in [3.8, 4) is 0 Å². The maximum Gasteiger partial charge on any atom is 0.0284 e. The van der Waals surface area contributed by atoms with E-state index in [1.807, 2.05) is 11.8 Å². The molecule has 0 aromatic carbocycles. The molecule has 1 unspecified atom stereocenters. The van der Waals surface area contributed by atoms with Gasteiger partial charge in [0.2, 0.25) is 0 Å². The van der Waals surface area contributed by atoms with E-state index in [1.54, 1.807) is 0 Å². The second-order valence-corrected chi connectivity index (χ2v) is 3.23. The summed E-state index contributed by atoms with van der Waals surface area (Å²) in [6.45, 7) is 4.36. The SMILES string of the molecule is CCC(C)SCC=N. The Morgan fingerprint density at radius 1 is 1.75 bits per heavy atom. The number of nitrogens with one attached hydrogen (secondary N) is 1. The van der Waals surface area contributed by atoms with Gasteiger partial charge in [0.15, 0.2) is 0 Å². The van der Waals surface area contributed by atoms with Crippen molar-refractivity contribution in [3.63, 3.8) is 0 Å². The molecule has 8 heavy (non-hydrogen) atoms. The van der Waals surface area contributed by atoms with Crippen LogP contribution >= 0.6 is 11.8 Å². The van der Waals surface area contributed by atoms with E-state index in [-0.39, 0.29) is 0 Å². The standard InChI is InChI=1S/C6H13NS/c1-3-6(2)8-5-4-7/h4,6-7H,3,5H2,1-2H3. The Morgan fingerprint density at radius 3 is 2.75 bits per heavy atom. The lowest BCUT2D eigenvalue weighted by Gasteiger charge is -2.02. The van der Waals surface area contributed by atoms with Gasteiger partial charge in [-0.3, -0.25) is 0 Å². The lowest BCUT2D eigenvalue weighted by atomic mass is 10.4. The van der Waals surface area contributed by atoms with Gasteiger partial charge in [-0.15, -0.1) is 0 Å². The van der Waals surface area contributed by atoms with E-state index in [0.29, 0.717) is 0 Å². The molecule has 0 fully saturated rings. The van der Waals surface area contributed by atoms with Crippen molar-refractivity contribution in [2.75, 3.05) is 5.75 Å². The van der Waals surface area contributed by atoms with Gasteiger partial charge in [0, 0.05) is 17.2 Å². The van der Waals surface area contributed by atoms with Gasteiger partial charge in [-0.05, 0) is 6.42 Å². The van der Waals surface area contributed by atoms with Gasteiger partial charge in [0.25, 0.3) is 0 Å². The highest BCUT2D eigenvalue weighted by Gasteiger charge is 1.94. The second kappa shape index (κ2) is 5.16. The Labute approximate surface area is 55.4 Å². The molecule has 0 rings (SSSR count). The van der Waals surface area contributed by atoms with Crippen LogP contribution in [-0.4, -0.2) is 17.2 Å². The summed E-state index contributed by atoms with van der Waals surface area (Å²) in [5.41, 5.74) is 0. The van der Waals surface area contributed by atoms with Crippen LogP contribution in [0, 0.1) is 5.41 Å². The molecule has 0 aromatic heterocycles. The van der Waals surface area contributed by atoms with E-state index in [0.717, 1.165) is 11.0 Å². The van der Waals surface area contributed by atoms with Gasteiger partial charge in [0.1, 0.15) is 0 Å². The molecule has 0 amide bonds. The van der Waals surface area contributed by atoms with Crippen LogP contribution in [0.3, 0.4) is 0 Å². The number of thioether (sulfide) groups is 1. The fraction of sp³-hybridized carbons (Fsp3) is 0.833. The Hall–Kier alpha value is 0.0200. The maximum absolute atomic E-state index is 6.73. The molecule has 0 aliphatic rings. The van der Waals surface area contributed by atoms with E-state index in [2.05, 4.69) is 13.8 Å². The molecule has 0 bridgehead atoms. The van der Waals surface area contributed by atoms with Crippen LogP contribution in [0.5, 0.6) is 0 Å². The first kappa shape index (κ1) is 8.02. The van der Waals surface area contributed by atoms with Crippen molar-refractivity contribution >= 4 is 18.0 Å². The van der Waals surface area contributed by atoms with Crippen molar-refractivity contribution in [1.82, 2.24) is 0 Å². The van der Waals surface area contributed by atoms with Crippen molar-refractivity contribution in [2.45, 2.75) is 25.5 Å². The van der Waals surface area contributed by atoms with Crippen LogP contribution in [0.15, 0.2) is 0 Å². The molecule has 0 aliphatic carbocycles. The number of hydrogen-bond donors (Lipinski definition) is 1. The molecular weight excluding hydrogens is 118 g/mol. The summed E-state index contributed by atoms with van der Waals surface area (Å²) in [4.78, 5) is 0. The summed E-state index contributed by atoms with van der Waals surface area (Å²) in [5.74, 6) is 0.870. The van der Waals surface area contributed by atoms with Crippen LogP contribution in [0.2, 0.25) is 0 Å². The maximum atomic E-state index is 6.73. The van der Waals surface area contributed by atoms with Gasteiger partial charge >= 0.3 is 0 Å². The first-order valence-electron chi connectivity index (χ1n) is 2.91. The summed E-state index contributed by atoms with van der Waals surface area (Å²) in [6, 6.07) is 0. The normalized spacial score (nSPS) is 13.2. The summed E-state index contributed by atoms with van der Waals surface area (Å²) < 4.78 is 0. The highest BCUT2D eigenvalue weighted by Crippen LogP contribution is 2.10. The molecule has 0 saturated heterocycles. The Bertz CT molecular complexity index is 63.5. The molecule has 48 valence electrons. The first-order valence-corrected chi connectivity index (χ1v) is 3.96. The van der Waals surface area contributed by atoms with Gasteiger partial charge in [-0.2, -0.15) is 11.8 Å². The molecule has 0 radical (unpaired) electrons. The fourth-order valence-electron chi connectivity index (χ4n) is 0.330. The summed E-state index contributed by atoms with van der Waals surface area (Å²) >= 11 is 1.83.